The van der Waals surface area contributed by atoms with Crippen LogP contribution in [-0.4, -0.2) is 17.7 Å². The molecule has 3 aromatic rings. The molecule has 3 amide bonds. The van der Waals surface area contributed by atoms with Crippen molar-refractivity contribution in [3.8, 4) is 0 Å². The Labute approximate surface area is 162 Å². The Morgan fingerprint density at radius 2 is 1.11 bits per heavy atom. The van der Waals surface area contributed by atoms with Crippen LogP contribution in [0.15, 0.2) is 78.9 Å². The van der Waals surface area contributed by atoms with Gasteiger partial charge in [-0.3, -0.25) is 14.4 Å². The van der Waals surface area contributed by atoms with Crippen LogP contribution in [0.3, 0.4) is 0 Å². The molecule has 0 radical (unpaired) electrons. The summed E-state index contributed by atoms with van der Waals surface area (Å²) in [6, 6.07) is 22.4. The Bertz CT molecular complexity index is 999. The van der Waals surface area contributed by atoms with Crippen molar-refractivity contribution in [1.82, 2.24) is 0 Å². The third kappa shape index (κ3) is 5.04. The number of hydrogen-bond acceptors (Lipinski definition) is 3. The van der Waals surface area contributed by atoms with Crippen molar-refractivity contribution in [2.75, 3.05) is 16.0 Å². The average Bonchev–Trinajstić information content (AvgIpc) is 2.70. The molecule has 0 heterocycles. The van der Waals surface area contributed by atoms with E-state index >= 15 is 0 Å². The summed E-state index contributed by atoms with van der Waals surface area (Å²) in [4.78, 5) is 35.8. The minimum atomic E-state index is -0.303. The molecular formula is C22H19N3O3. The summed E-state index contributed by atoms with van der Waals surface area (Å²) < 4.78 is 0. The molecule has 0 bridgehead atoms. The highest BCUT2D eigenvalue weighted by Crippen LogP contribution is 2.17. The Morgan fingerprint density at radius 3 is 1.75 bits per heavy atom. The van der Waals surface area contributed by atoms with E-state index in [0.717, 1.165) is 0 Å². The monoisotopic (exact) mass is 373 g/mol. The highest BCUT2D eigenvalue weighted by Gasteiger charge is 2.10. The molecule has 3 N–H and O–H groups in total. The van der Waals surface area contributed by atoms with Gasteiger partial charge in [-0.25, -0.2) is 0 Å². The number of benzene rings is 3. The Hall–Kier alpha value is -3.93. The smallest absolute Gasteiger partial charge is 0.255 e. The Kier molecular flexibility index (Phi) is 5.81. The number of nitrogens with one attached hydrogen (secondary N) is 3. The summed E-state index contributed by atoms with van der Waals surface area (Å²) >= 11 is 0. The Morgan fingerprint density at radius 1 is 0.571 bits per heavy atom. The normalized spacial score (nSPS) is 10.0. The van der Waals surface area contributed by atoms with E-state index in [9.17, 15) is 14.4 Å². The number of amides is 3. The summed E-state index contributed by atoms with van der Waals surface area (Å²) in [5, 5.41) is 8.23. The minimum absolute atomic E-state index is 0.161. The predicted octanol–water partition coefficient (Wildman–Crippen LogP) is 4.15. The average molecular weight is 373 g/mol. The fourth-order valence-electron chi connectivity index (χ4n) is 2.57. The number of rotatable bonds is 5. The van der Waals surface area contributed by atoms with E-state index in [1.807, 2.05) is 6.07 Å². The van der Waals surface area contributed by atoms with Gasteiger partial charge >= 0.3 is 0 Å². The van der Waals surface area contributed by atoms with E-state index in [1.54, 1.807) is 72.8 Å². The molecule has 3 rings (SSSR count). The van der Waals surface area contributed by atoms with Crippen molar-refractivity contribution >= 4 is 34.8 Å². The van der Waals surface area contributed by atoms with Crippen LogP contribution in [-0.2, 0) is 4.79 Å². The Balaban J connectivity index is 1.66. The van der Waals surface area contributed by atoms with Gasteiger partial charge in [0.15, 0.2) is 0 Å². The van der Waals surface area contributed by atoms with Crippen LogP contribution in [0.2, 0.25) is 0 Å². The minimum Gasteiger partial charge on any atom is -0.326 e. The van der Waals surface area contributed by atoms with Crippen molar-refractivity contribution in [1.29, 1.82) is 0 Å². The highest BCUT2D eigenvalue weighted by atomic mass is 16.2. The first-order valence-corrected chi connectivity index (χ1v) is 8.67. The zero-order chi connectivity index (χ0) is 19.9. The van der Waals surface area contributed by atoms with E-state index < -0.39 is 0 Å². The number of anilines is 3. The molecule has 140 valence electrons. The van der Waals surface area contributed by atoms with Crippen molar-refractivity contribution in [3.05, 3.63) is 90.0 Å². The molecule has 0 aliphatic carbocycles. The van der Waals surface area contributed by atoms with Crippen molar-refractivity contribution in [2.45, 2.75) is 6.92 Å². The third-order valence-corrected chi connectivity index (χ3v) is 3.88. The molecule has 6 heteroatoms. The van der Waals surface area contributed by atoms with Crippen LogP contribution in [0.25, 0.3) is 0 Å². The second-order valence-electron chi connectivity index (χ2n) is 6.11. The second kappa shape index (κ2) is 8.64. The maximum atomic E-state index is 12.5. The van der Waals surface area contributed by atoms with Crippen LogP contribution in [0, 0.1) is 0 Å². The van der Waals surface area contributed by atoms with Gasteiger partial charge in [-0.2, -0.15) is 0 Å². The van der Waals surface area contributed by atoms with Gasteiger partial charge in [-0.1, -0.05) is 24.3 Å². The van der Waals surface area contributed by atoms with Gasteiger partial charge in [-0.05, 0) is 54.6 Å². The van der Waals surface area contributed by atoms with Gasteiger partial charge < -0.3 is 16.0 Å². The molecule has 0 saturated heterocycles. The number of carbonyl (C=O) groups excluding carboxylic acids is 3. The maximum Gasteiger partial charge on any atom is 0.255 e. The lowest BCUT2D eigenvalue weighted by Crippen LogP contribution is -2.14. The molecule has 28 heavy (non-hydrogen) atoms. The van der Waals surface area contributed by atoms with E-state index in [-0.39, 0.29) is 17.7 Å². The molecule has 0 saturated carbocycles. The zero-order valence-electron chi connectivity index (χ0n) is 15.2. The molecule has 0 spiro atoms. The first kappa shape index (κ1) is 18.8. The number of hydrogen-bond donors (Lipinski definition) is 3. The molecule has 0 aromatic heterocycles. The van der Waals surface area contributed by atoms with Crippen LogP contribution < -0.4 is 16.0 Å². The first-order valence-electron chi connectivity index (χ1n) is 8.67. The number of carbonyl (C=O) groups is 3. The van der Waals surface area contributed by atoms with Gasteiger partial charge in [0.25, 0.3) is 11.8 Å². The van der Waals surface area contributed by atoms with Gasteiger partial charge in [0.1, 0.15) is 0 Å². The van der Waals surface area contributed by atoms with Crippen LogP contribution in [0.5, 0.6) is 0 Å². The topological polar surface area (TPSA) is 87.3 Å². The standard InChI is InChI=1S/C22H19N3O3/c1-15(26)23-18-10-12-19(13-11-18)24-22(28)17-8-5-9-20(14-17)25-21(27)16-6-3-2-4-7-16/h2-14H,1H3,(H,23,26)(H,24,28)(H,25,27). The molecule has 0 aliphatic rings. The lowest BCUT2D eigenvalue weighted by atomic mass is 10.1. The summed E-state index contributed by atoms with van der Waals surface area (Å²) in [7, 11) is 0. The van der Waals surface area contributed by atoms with Crippen molar-refractivity contribution in [2.24, 2.45) is 0 Å². The van der Waals surface area contributed by atoms with Crippen LogP contribution >= 0.6 is 0 Å². The molecule has 0 unspecified atom stereocenters. The van der Waals surface area contributed by atoms with Crippen LogP contribution in [0.4, 0.5) is 17.1 Å². The summed E-state index contributed by atoms with van der Waals surface area (Å²) in [5.41, 5.74) is 2.73. The van der Waals surface area contributed by atoms with Crippen molar-refractivity contribution < 1.29 is 14.4 Å². The van der Waals surface area contributed by atoms with E-state index in [4.69, 9.17) is 0 Å². The van der Waals surface area contributed by atoms with Gasteiger partial charge in [0.05, 0.1) is 0 Å². The molecular weight excluding hydrogens is 354 g/mol. The molecule has 0 aliphatic heterocycles. The van der Waals surface area contributed by atoms with Crippen molar-refractivity contribution in [3.63, 3.8) is 0 Å². The lowest BCUT2D eigenvalue weighted by molar-refractivity contribution is -0.114. The SMILES string of the molecule is CC(=O)Nc1ccc(NC(=O)c2cccc(NC(=O)c3ccccc3)c2)cc1. The largest absolute Gasteiger partial charge is 0.326 e. The molecule has 0 fully saturated rings. The zero-order valence-corrected chi connectivity index (χ0v) is 15.2. The maximum absolute atomic E-state index is 12.5. The van der Waals surface area contributed by atoms with Gasteiger partial charge in [0.2, 0.25) is 5.91 Å². The third-order valence-electron chi connectivity index (χ3n) is 3.88. The van der Waals surface area contributed by atoms with E-state index in [1.165, 1.54) is 6.92 Å². The predicted molar refractivity (Wildman–Crippen MR) is 110 cm³/mol. The van der Waals surface area contributed by atoms with Gasteiger partial charge in [0, 0.05) is 35.1 Å². The fraction of sp³-hybridized carbons (Fsp3) is 0.0455. The van der Waals surface area contributed by atoms with Crippen LogP contribution in [0.1, 0.15) is 27.6 Å². The van der Waals surface area contributed by atoms with E-state index in [0.29, 0.717) is 28.2 Å². The highest BCUT2D eigenvalue weighted by molar-refractivity contribution is 6.07. The quantitative estimate of drug-likeness (QED) is 0.628. The molecule has 6 nitrogen and oxygen atoms in total. The van der Waals surface area contributed by atoms with Gasteiger partial charge in [-0.15, -0.1) is 0 Å². The first-order chi connectivity index (χ1) is 13.5. The fourth-order valence-corrected chi connectivity index (χ4v) is 2.57. The summed E-state index contributed by atoms with van der Waals surface area (Å²) in [5.74, 6) is -0.707. The molecule has 0 atom stereocenters. The summed E-state index contributed by atoms with van der Waals surface area (Å²) in [6.45, 7) is 1.43. The molecule has 3 aromatic carbocycles. The lowest BCUT2D eigenvalue weighted by Gasteiger charge is -2.09. The second-order valence-corrected chi connectivity index (χ2v) is 6.11. The summed E-state index contributed by atoms with van der Waals surface area (Å²) in [6.07, 6.45) is 0. The van der Waals surface area contributed by atoms with E-state index in [2.05, 4.69) is 16.0 Å².